The molecule has 0 amide bonds. The lowest BCUT2D eigenvalue weighted by Gasteiger charge is -2.29. The Hall–Kier alpha value is -0.120. The first kappa shape index (κ1) is 22.9. The zero-order valence-corrected chi connectivity index (χ0v) is 18.3. The van der Waals surface area contributed by atoms with Gasteiger partial charge in [0.25, 0.3) is 0 Å². The molecule has 6 nitrogen and oxygen atoms in total. The lowest BCUT2D eigenvalue weighted by molar-refractivity contribution is -0.0136. The largest absolute Gasteiger partial charge is 0.378 e. The Morgan fingerprint density at radius 2 is 2.04 bits per heavy atom. The van der Waals surface area contributed by atoms with Crippen LogP contribution in [0.1, 0.15) is 45.4 Å². The molecule has 1 unspecified atom stereocenters. The number of ether oxygens (including phenoxy) is 2. The van der Waals surface area contributed by atoms with Crippen LogP contribution in [0, 0.1) is 0 Å². The van der Waals surface area contributed by atoms with Crippen molar-refractivity contribution in [3.8, 4) is 0 Å². The molecule has 1 saturated heterocycles. The average Bonchev–Trinajstić information content (AvgIpc) is 2.60. The third-order valence-corrected chi connectivity index (χ3v) is 4.66. The molecule has 148 valence electrons. The number of hydrogen-bond acceptors (Lipinski definition) is 4. The van der Waals surface area contributed by atoms with Crippen molar-refractivity contribution < 1.29 is 9.47 Å². The standard InChI is InChI=1S/C18H36N4O2.HI/c1-3-19-18(21-14-17-15-22(2)11-13-24-17)20-10-7-12-23-16-8-5-4-6-9-16;/h16-17H,3-15H2,1-2H3,(H2,19,20,21);1H. The number of likely N-dealkylation sites (N-methyl/N-ethyl adjacent to an activating group) is 1. The van der Waals surface area contributed by atoms with Crippen molar-refractivity contribution in [2.24, 2.45) is 4.99 Å². The van der Waals surface area contributed by atoms with E-state index < -0.39 is 0 Å². The topological polar surface area (TPSA) is 58.1 Å². The van der Waals surface area contributed by atoms with Gasteiger partial charge in [0.2, 0.25) is 0 Å². The summed E-state index contributed by atoms with van der Waals surface area (Å²) in [5, 5.41) is 6.70. The Kier molecular flexibility index (Phi) is 12.8. The molecular formula is C18H37IN4O2. The summed E-state index contributed by atoms with van der Waals surface area (Å²) in [6.45, 7) is 8.18. The predicted octanol–water partition coefficient (Wildman–Crippen LogP) is 2.23. The monoisotopic (exact) mass is 468 g/mol. The van der Waals surface area contributed by atoms with Gasteiger partial charge in [0, 0.05) is 32.8 Å². The van der Waals surface area contributed by atoms with Gasteiger partial charge in [-0.3, -0.25) is 4.99 Å². The zero-order valence-electron chi connectivity index (χ0n) is 16.0. The van der Waals surface area contributed by atoms with E-state index in [-0.39, 0.29) is 30.1 Å². The van der Waals surface area contributed by atoms with Crippen molar-refractivity contribution in [2.45, 2.75) is 57.7 Å². The normalized spacial score (nSPS) is 23.1. The van der Waals surface area contributed by atoms with E-state index in [2.05, 4.69) is 34.5 Å². The molecule has 0 aromatic rings. The number of nitrogens with zero attached hydrogens (tertiary/aromatic N) is 2. The Morgan fingerprint density at radius 1 is 1.24 bits per heavy atom. The van der Waals surface area contributed by atoms with E-state index in [0.717, 1.165) is 51.8 Å². The Balaban J connectivity index is 0.00000312. The van der Waals surface area contributed by atoms with Crippen LogP contribution >= 0.6 is 24.0 Å². The van der Waals surface area contributed by atoms with Gasteiger partial charge in [-0.1, -0.05) is 19.3 Å². The number of guanidine groups is 1. The summed E-state index contributed by atoms with van der Waals surface area (Å²) in [4.78, 5) is 6.96. The summed E-state index contributed by atoms with van der Waals surface area (Å²) >= 11 is 0. The molecule has 1 aliphatic carbocycles. The van der Waals surface area contributed by atoms with Crippen LogP contribution in [0.5, 0.6) is 0 Å². The highest BCUT2D eigenvalue weighted by Crippen LogP contribution is 2.20. The second-order valence-electron chi connectivity index (χ2n) is 6.89. The van der Waals surface area contributed by atoms with E-state index >= 15 is 0 Å². The first-order valence-corrected chi connectivity index (χ1v) is 9.72. The first-order chi connectivity index (χ1) is 11.8. The van der Waals surface area contributed by atoms with Crippen LogP contribution in [0.15, 0.2) is 4.99 Å². The first-order valence-electron chi connectivity index (χ1n) is 9.72. The van der Waals surface area contributed by atoms with Gasteiger partial charge in [0.05, 0.1) is 25.4 Å². The van der Waals surface area contributed by atoms with Crippen molar-refractivity contribution in [3.63, 3.8) is 0 Å². The number of hydrogen-bond donors (Lipinski definition) is 2. The third kappa shape index (κ3) is 9.96. The lowest BCUT2D eigenvalue weighted by Crippen LogP contribution is -2.43. The van der Waals surface area contributed by atoms with Crippen LogP contribution in [0.3, 0.4) is 0 Å². The third-order valence-electron chi connectivity index (χ3n) is 4.66. The fourth-order valence-electron chi connectivity index (χ4n) is 3.27. The fourth-order valence-corrected chi connectivity index (χ4v) is 3.27. The molecule has 1 aliphatic heterocycles. The van der Waals surface area contributed by atoms with Gasteiger partial charge in [-0.05, 0) is 33.2 Å². The molecule has 0 bridgehead atoms. The minimum absolute atomic E-state index is 0. The number of rotatable bonds is 8. The minimum Gasteiger partial charge on any atom is -0.378 e. The highest BCUT2D eigenvalue weighted by Gasteiger charge is 2.17. The Bertz CT molecular complexity index is 365. The van der Waals surface area contributed by atoms with E-state index in [1.165, 1.54) is 32.1 Å². The van der Waals surface area contributed by atoms with Crippen LogP contribution in [-0.2, 0) is 9.47 Å². The summed E-state index contributed by atoms with van der Waals surface area (Å²) < 4.78 is 11.7. The fraction of sp³-hybridized carbons (Fsp3) is 0.944. The average molecular weight is 468 g/mol. The molecule has 1 heterocycles. The van der Waals surface area contributed by atoms with Crippen molar-refractivity contribution in [1.82, 2.24) is 15.5 Å². The van der Waals surface area contributed by atoms with E-state index in [9.17, 15) is 0 Å². The van der Waals surface area contributed by atoms with Crippen molar-refractivity contribution in [1.29, 1.82) is 0 Å². The number of nitrogens with one attached hydrogen (secondary N) is 2. The molecule has 1 atom stereocenters. The zero-order chi connectivity index (χ0) is 17.0. The minimum atomic E-state index is 0. The van der Waals surface area contributed by atoms with Crippen LogP contribution in [-0.4, -0.2) is 76.1 Å². The van der Waals surface area contributed by atoms with Crippen LogP contribution in [0.4, 0.5) is 0 Å². The Morgan fingerprint density at radius 3 is 2.76 bits per heavy atom. The van der Waals surface area contributed by atoms with E-state index in [1.54, 1.807) is 0 Å². The van der Waals surface area contributed by atoms with Gasteiger partial charge in [-0.25, -0.2) is 0 Å². The van der Waals surface area contributed by atoms with E-state index in [1.807, 2.05) is 0 Å². The van der Waals surface area contributed by atoms with Crippen LogP contribution in [0.2, 0.25) is 0 Å². The molecule has 0 spiro atoms. The second kappa shape index (κ2) is 14.0. The van der Waals surface area contributed by atoms with Gasteiger partial charge in [0.15, 0.2) is 5.96 Å². The molecule has 0 radical (unpaired) electrons. The summed E-state index contributed by atoms with van der Waals surface area (Å²) in [5.41, 5.74) is 0. The maximum absolute atomic E-state index is 5.97. The molecule has 25 heavy (non-hydrogen) atoms. The molecule has 0 aromatic carbocycles. The van der Waals surface area contributed by atoms with Gasteiger partial charge >= 0.3 is 0 Å². The predicted molar refractivity (Wildman–Crippen MR) is 114 cm³/mol. The van der Waals surface area contributed by atoms with Gasteiger partial charge in [-0.15, -0.1) is 24.0 Å². The maximum Gasteiger partial charge on any atom is 0.191 e. The van der Waals surface area contributed by atoms with Gasteiger partial charge < -0.3 is 25.0 Å². The maximum atomic E-state index is 5.97. The summed E-state index contributed by atoms with van der Waals surface area (Å²) in [6.07, 6.45) is 8.25. The van der Waals surface area contributed by atoms with E-state index in [4.69, 9.17) is 9.47 Å². The molecule has 2 fully saturated rings. The SMILES string of the molecule is CCNC(=NCC1CN(C)CCO1)NCCCOC1CCCCC1.I. The molecule has 7 heteroatoms. The summed E-state index contributed by atoms with van der Waals surface area (Å²) in [7, 11) is 2.13. The molecular weight excluding hydrogens is 431 g/mol. The van der Waals surface area contributed by atoms with Gasteiger partial charge in [0.1, 0.15) is 0 Å². The highest BCUT2D eigenvalue weighted by atomic mass is 127. The molecule has 2 rings (SSSR count). The Labute approximate surface area is 170 Å². The summed E-state index contributed by atoms with van der Waals surface area (Å²) in [5.74, 6) is 0.881. The van der Waals surface area contributed by atoms with Crippen molar-refractivity contribution >= 4 is 29.9 Å². The second-order valence-corrected chi connectivity index (χ2v) is 6.89. The van der Waals surface area contributed by atoms with Crippen molar-refractivity contribution in [2.75, 3.05) is 53.0 Å². The van der Waals surface area contributed by atoms with Crippen molar-refractivity contribution in [3.05, 3.63) is 0 Å². The molecule has 0 aromatic heterocycles. The molecule has 2 aliphatic rings. The lowest BCUT2D eigenvalue weighted by atomic mass is 9.98. The van der Waals surface area contributed by atoms with Gasteiger partial charge in [-0.2, -0.15) is 0 Å². The van der Waals surface area contributed by atoms with E-state index in [0.29, 0.717) is 12.6 Å². The quantitative estimate of drug-likeness (QED) is 0.248. The molecule has 2 N–H and O–H groups in total. The summed E-state index contributed by atoms with van der Waals surface area (Å²) in [6, 6.07) is 0. The molecule has 1 saturated carbocycles. The smallest absolute Gasteiger partial charge is 0.191 e. The highest BCUT2D eigenvalue weighted by molar-refractivity contribution is 14.0. The number of aliphatic imine (C=N–C) groups is 1. The number of halogens is 1. The van der Waals surface area contributed by atoms with Crippen LogP contribution in [0.25, 0.3) is 0 Å². The number of morpholine rings is 1. The van der Waals surface area contributed by atoms with Crippen LogP contribution < -0.4 is 10.6 Å².